The fourth-order valence-electron chi connectivity index (χ4n) is 3.84. The molecule has 0 spiro atoms. The van der Waals surface area contributed by atoms with Gasteiger partial charge in [-0.2, -0.15) is 0 Å². The normalized spacial score (nSPS) is 16.8. The summed E-state index contributed by atoms with van der Waals surface area (Å²) in [6.07, 6.45) is 0.886. The van der Waals surface area contributed by atoms with Gasteiger partial charge < -0.3 is 14.4 Å². The van der Waals surface area contributed by atoms with Crippen molar-refractivity contribution in [3.63, 3.8) is 0 Å². The Labute approximate surface area is 174 Å². The Kier molecular flexibility index (Phi) is 6.92. The summed E-state index contributed by atoms with van der Waals surface area (Å²) in [6, 6.07) is 12.0. The minimum absolute atomic E-state index is 0.231. The zero-order chi connectivity index (χ0) is 21.8. The van der Waals surface area contributed by atoms with E-state index in [1.54, 1.807) is 24.3 Å². The summed E-state index contributed by atoms with van der Waals surface area (Å²) in [4.78, 5) is 0.653. The van der Waals surface area contributed by atoms with Gasteiger partial charge in [-0.1, -0.05) is 42.8 Å². The van der Waals surface area contributed by atoms with E-state index in [0.29, 0.717) is 12.6 Å². The molecule has 1 aliphatic rings. The van der Waals surface area contributed by atoms with E-state index < -0.39 is 27.0 Å². The lowest BCUT2D eigenvalue weighted by Crippen LogP contribution is -3.11. The van der Waals surface area contributed by atoms with Crippen molar-refractivity contribution in [1.29, 1.82) is 0 Å². The first-order valence-corrected chi connectivity index (χ1v) is 11.3. The summed E-state index contributed by atoms with van der Waals surface area (Å²) in [5, 5.41) is 0. The smallest absolute Gasteiger partial charge is 0.572 e. The lowest BCUT2D eigenvalue weighted by atomic mass is 9.94. The van der Waals surface area contributed by atoms with Gasteiger partial charge >= 0.3 is 6.36 Å². The van der Waals surface area contributed by atoms with Crippen molar-refractivity contribution in [1.82, 2.24) is 0 Å². The third kappa shape index (κ3) is 5.89. The molecule has 1 unspecified atom stereocenters. The lowest BCUT2D eigenvalue weighted by Gasteiger charge is -2.31. The molecule has 164 valence electrons. The van der Waals surface area contributed by atoms with Gasteiger partial charge in [0.25, 0.3) is 0 Å². The second-order valence-electron chi connectivity index (χ2n) is 7.55. The number of nitrogens with one attached hydrogen (secondary N) is 1. The third-order valence-electron chi connectivity index (χ3n) is 5.33. The van der Waals surface area contributed by atoms with Crippen molar-refractivity contribution in [2.75, 3.05) is 7.05 Å². The molecule has 30 heavy (non-hydrogen) atoms. The maximum Gasteiger partial charge on any atom is 0.573 e. The molecule has 9 heteroatoms. The molecule has 0 radical (unpaired) electrons. The van der Waals surface area contributed by atoms with Gasteiger partial charge in [0.15, 0.2) is 0 Å². The monoisotopic (exact) mass is 442 g/mol. The van der Waals surface area contributed by atoms with Crippen LogP contribution in [0.1, 0.15) is 37.7 Å². The van der Waals surface area contributed by atoms with Gasteiger partial charge in [0.2, 0.25) is 0 Å². The number of hydrogen-bond donors (Lipinski definition) is 1. The summed E-state index contributed by atoms with van der Waals surface area (Å²) < 4.78 is 71.4. The molecule has 0 aliphatic heterocycles. The molecule has 2 aromatic rings. The van der Waals surface area contributed by atoms with Crippen molar-refractivity contribution < 1.29 is 31.2 Å². The molecule has 2 aromatic carbocycles. The largest absolute Gasteiger partial charge is 0.573 e. The summed E-state index contributed by atoms with van der Waals surface area (Å²) in [5.74, 6) is -0.795. The zero-order valence-electron chi connectivity index (χ0n) is 16.7. The van der Waals surface area contributed by atoms with Crippen molar-refractivity contribution in [3.8, 4) is 5.75 Å². The molecule has 5 nitrogen and oxygen atoms in total. The van der Waals surface area contributed by atoms with Crippen LogP contribution in [0.25, 0.3) is 4.72 Å². The van der Waals surface area contributed by atoms with Crippen molar-refractivity contribution in [2.45, 2.75) is 55.9 Å². The van der Waals surface area contributed by atoms with E-state index in [0.717, 1.165) is 30.5 Å². The number of nitrogens with zero attached hydrogens (tertiary/aromatic N) is 1. The molecule has 3 rings (SSSR count). The molecule has 0 aromatic heterocycles. The molecular weight excluding hydrogens is 417 g/mol. The number of benzene rings is 2. The topological polar surface area (TPSA) is 61.9 Å². The Bertz CT molecular complexity index is 958. The van der Waals surface area contributed by atoms with Crippen molar-refractivity contribution >= 4 is 15.7 Å². The van der Waals surface area contributed by atoms with Crippen LogP contribution >= 0.6 is 0 Å². The first-order valence-electron chi connectivity index (χ1n) is 9.89. The number of para-hydroxylation sites is 1. The van der Waals surface area contributed by atoms with Crippen LogP contribution in [0, 0.1) is 0 Å². The molecule has 1 saturated carbocycles. The maximum atomic E-state index is 12.8. The van der Waals surface area contributed by atoms with E-state index in [2.05, 4.69) is 16.5 Å². The first kappa shape index (κ1) is 22.4. The minimum atomic E-state index is -5.00. The van der Waals surface area contributed by atoms with E-state index in [-0.39, 0.29) is 5.69 Å². The Morgan fingerprint density at radius 2 is 1.67 bits per heavy atom. The maximum absolute atomic E-state index is 12.8. The highest BCUT2D eigenvalue weighted by Gasteiger charge is 2.33. The third-order valence-corrected chi connectivity index (χ3v) is 6.66. The van der Waals surface area contributed by atoms with E-state index in [1.165, 1.54) is 36.3 Å². The Morgan fingerprint density at radius 1 is 1.03 bits per heavy atom. The minimum Gasteiger partial charge on any atom is -0.572 e. The van der Waals surface area contributed by atoms with Gasteiger partial charge in [-0.05, 0) is 43.4 Å². The van der Waals surface area contributed by atoms with E-state index >= 15 is 0 Å². The van der Waals surface area contributed by atoms with Gasteiger partial charge in [-0.15, -0.1) is 18.9 Å². The van der Waals surface area contributed by atoms with Crippen LogP contribution in [0.15, 0.2) is 53.4 Å². The molecule has 0 bridgehead atoms. The Morgan fingerprint density at radius 3 is 2.37 bits per heavy atom. The van der Waals surface area contributed by atoms with Crippen LogP contribution < -0.4 is 9.64 Å². The standard InChI is InChI=1S/C21H24F3N2O3S/c1-26(17-10-3-2-4-11-17)15-16-9-5-6-12-18(16)25-30(27,28)20-14-8-7-13-19(20)29-21(22,23)24/h5-9,12-14,17H,2-4,10-11,15H2,1H3/q-1/p+1. The second-order valence-corrected chi connectivity index (χ2v) is 9.12. The fourth-order valence-corrected chi connectivity index (χ4v) is 4.99. The Hall–Kier alpha value is -2.26. The predicted molar refractivity (Wildman–Crippen MR) is 107 cm³/mol. The van der Waals surface area contributed by atoms with Crippen LogP contribution in [0.3, 0.4) is 0 Å². The number of sulfonamides is 1. The van der Waals surface area contributed by atoms with Crippen LogP contribution in [0.4, 0.5) is 18.9 Å². The van der Waals surface area contributed by atoms with Crippen LogP contribution in [0.2, 0.25) is 0 Å². The summed E-state index contributed by atoms with van der Waals surface area (Å²) >= 11 is 0. The van der Waals surface area contributed by atoms with E-state index in [4.69, 9.17) is 0 Å². The van der Waals surface area contributed by atoms with Crippen LogP contribution in [-0.4, -0.2) is 27.9 Å². The molecular formula is C21H25F3N2O3S. The summed E-state index contributed by atoms with van der Waals surface area (Å²) in [5.41, 5.74) is 0.966. The molecule has 0 heterocycles. The summed E-state index contributed by atoms with van der Waals surface area (Å²) in [6.45, 7) is 0.584. The van der Waals surface area contributed by atoms with Crippen LogP contribution in [0.5, 0.6) is 5.75 Å². The zero-order valence-corrected chi connectivity index (χ0v) is 17.5. The van der Waals surface area contributed by atoms with Crippen LogP contribution in [-0.2, 0) is 16.6 Å². The number of quaternary nitrogens is 1. The molecule has 0 saturated heterocycles. The second kappa shape index (κ2) is 9.26. The predicted octanol–water partition coefficient (Wildman–Crippen LogP) is 4.33. The number of alkyl halides is 3. The number of ether oxygens (including phenoxy) is 1. The highest BCUT2D eigenvalue weighted by Crippen LogP contribution is 2.36. The highest BCUT2D eigenvalue weighted by atomic mass is 32.2. The van der Waals surface area contributed by atoms with Crippen molar-refractivity contribution in [3.05, 3.63) is 58.8 Å². The summed E-state index contributed by atoms with van der Waals surface area (Å²) in [7, 11) is -2.33. The van der Waals surface area contributed by atoms with Gasteiger partial charge in [0.1, 0.15) is 22.3 Å². The number of halogens is 3. The van der Waals surface area contributed by atoms with E-state index in [1.807, 2.05) is 0 Å². The molecule has 1 aliphatic carbocycles. The fraction of sp³-hybridized carbons (Fsp3) is 0.429. The highest BCUT2D eigenvalue weighted by molar-refractivity contribution is 7.94. The average molecular weight is 443 g/mol. The molecule has 0 amide bonds. The number of rotatable bonds is 7. The van der Waals surface area contributed by atoms with Gasteiger partial charge in [-0.25, -0.2) is 8.42 Å². The lowest BCUT2D eigenvalue weighted by molar-refractivity contribution is -0.921. The SMILES string of the molecule is C[NH+](Cc1ccccc1[N-]S(=O)(=O)c1ccccc1OC(F)(F)F)C1CCCCC1. The molecule has 1 atom stereocenters. The van der Waals surface area contributed by atoms with Crippen molar-refractivity contribution in [2.24, 2.45) is 0 Å². The quantitative estimate of drug-likeness (QED) is 0.695. The number of hydrogen-bond acceptors (Lipinski definition) is 3. The average Bonchev–Trinajstić information content (AvgIpc) is 2.69. The molecule has 1 N–H and O–H groups in total. The first-order chi connectivity index (χ1) is 14.2. The van der Waals surface area contributed by atoms with Gasteiger partial charge in [0, 0.05) is 0 Å². The Balaban J connectivity index is 1.83. The van der Waals surface area contributed by atoms with Gasteiger partial charge in [-0.3, -0.25) is 0 Å². The van der Waals surface area contributed by atoms with Gasteiger partial charge in [0.05, 0.1) is 18.0 Å². The van der Waals surface area contributed by atoms with E-state index in [9.17, 15) is 21.6 Å². The molecule has 1 fully saturated rings.